The van der Waals surface area contributed by atoms with Crippen molar-refractivity contribution in [3.8, 4) is 0 Å². The van der Waals surface area contributed by atoms with Crippen LogP contribution in [0.4, 0.5) is 0 Å². The Bertz CT molecular complexity index is 707. The van der Waals surface area contributed by atoms with E-state index >= 15 is 0 Å². The van der Waals surface area contributed by atoms with Crippen molar-refractivity contribution in [1.29, 1.82) is 0 Å². The first-order valence-electron chi connectivity index (χ1n) is 10.7. The van der Waals surface area contributed by atoms with Crippen LogP contribution < -0.4 is 0 Å². The summed E-state index contributed by atoms with van der Waals surface area (Å²) < 4.78 is 0. The molecule has 7 atom stereocenters. The van der Waals surface area contributed by atoms with Crippen LogP contribution in [0.1, 0.15) is 65.2 Å². The minimum Gasteiger partial charge on any atom is -0.478 e. The molecule has 0 aromatic rings. The molecule has 0 bridgehead atoms. The summed E-state index contributed by atoms with van der Waals surface area (Å²) in [6, 6.07) is 0. The van der Waals surface area contributed by atoms with Crippen molar-refractivity contribution in [2.24, 2.45) is 35.0 Å². The first-order chi connectivity index (χ1) is 12.8. The number of fused-ring (bicyclic) bond motifs is 5. The third-order valence-corrected chi connectivity index (χ3v) is 8.68. The summed E-state index contributed by atoms with van der Waals surface area (Å²) in [4.78, 5) is 23.0. The average molecular weight is 373 g/mol. The van der Waals surface area contributed by atoms with Crippen LogP contribution in [0.3, 0.4) is 0 Å². The summed E-state index contributed by atoms with van der Waals surface area (Å²) in [7, 11) is 0. The van der Waals surface area contributed by atoms with E-state index in [9.17, 15) is 14.7 Å². The number of hydrogen-bond donors (Lipinski definition) is 2. The summed E-state index contributed by atoms with van der Waals surface area (Å²) in [5.74, 6) is 2.00. The van der Waals surface area contributed by atoms with Crippen LogP contribution in [-0.4, -0.2) is 27.6 Å². The highest BCUT2D eigenvalue weighted by atomic mass is 16.4. The fraction of sp³-hybridized carbons (Fsp3) is 0.739. The topological polar surface area (TPSA) is 74.6 Å². The molecule has 4 heteroatoms. The van der Waals surface area contributed by atoms with Gasteiger partial charge in [0.05, 0.1) is 5.60 Å². The molecule has 0 saturated heterocycles. The van der Waals surface area contributed by atoms with Crippen molar-refractivity contribution < 1.29 is 19.8 Å². The van der Waals surface area contributed by atoms with Gasteiger partial charge in [0.25, 0.3) is 0 Å². The molecule has 4 aliphatic rings. The van der Waals surface area contributed by atoms with Gasteiger partial charge in [-0.25, -0.2) is 4.79 Å². The Hall–Kier alpha value is -1.42. The Balaban J connectivity index is 1.69. The van der Waals surface area contributed by atoms with E-state index in [1.807, 2.05) is 6.08 Å². The number of carboxylic acids is 1. The molecular weight excluding hydrogens is 340 g/mol. The van der Waals surface area contributed by atoms with Gasteiger partial charge in [0.2, 0.25) is 0 Å². The van der Waals surface area contributed by atoms with Gasteiger partial charge in [0.1, 0.15) is 0 Å². The van der Waals surface area contributed by atoms with Crippen molar-refractivity contribution in [3.05, 3.63) is 23.8 Å². The van der Waals surface area contributed by atoms with E-state index < -0.39 is 11.6 Å². The summed E-state index contributed by atoms with van der Waals surface area (Å²) in [5.41, 5.74) is 0.164. The van der Waals surface area contributed by atoms with E-state index in [1.54, 1.807) is 6.08 Å². The molecule has 0 unspecified atom stereocenters. The van der Waals surface area contributed by atoms with E-state index in [0.717, 1.165) is 44.6 Å². The Morgan fingerprint density at radius 2 is 2.07 bits per heavy atom. The van der Waals surface area contributed by atoms with Crippen LogP contribution in [-0.2, 0) is 9.59 Å². The molecule has 0 aliphatic heterocycles. The van der Waals surface area contributed by atoms with Crippen molar-refractivity contribution >= 4 is 11.8 Å². The Morgan fingerprint density at radius 3 is 2.78 bits per heavy atom. The van der Waals surface area contributed by atoms with Crippen LogP contribution in [0.15, 0.2) is 23.8 Å². The zero-order valence-corrected chi connectivity index (χ0v) is 16.5. The highest BCUT2D eigenvalue weighted by molar-refractivity contribution is 5.91. The highest BCUT2D eigenvalue weighted by Crippen LogP contribution is 2.67. The van der Waals surface area contributed by atoms with Crippen molar-refractivity contribution in [1.82, 2.24) is 0 Å². The third kappa shape index (κ3) is 2.74. The van der Waals surface area contributed by atoms with E-state index in [0.29, 0.717) is 48.2 Å². The fourth-order valence-electron chi connectivity index (χ4n) is 7.67. The van der Waals surface area contributed by atoms with Gasteiger partial charge in [0, 0.05) is 17.9 Å². The molecule has 0 spiro atoms. The van der Waals surface area contributed by atoms with E-state index in [1.165, 1.54) is 5.57 Å². The van der Waals surface area contributed by atoms with Gasteiger partial charge in [-0.3, -0.25) is 4.79 Å². The van der Waals surface area contributed by atoms with Gasteiger partial charge < -0.3 is 10.2 Å². The molecule has 148 valence electrons. The number of aliphatic carboxylic acids is 1. The molecular formula is C23H32O4. The number of carbonyl (C=O) groups excluding carboxylic acids is 1. The van der Waals surface area contributed by atoms with Crippen LogP contribution in [0.2, 0.25) is 0 Å². The van der Waals surface area contributed by atoms with E-state index in [-0.39, 0.29) is 5.41 Å². The minimum atomic E-state index is -1.01. The smallest absolute Gasteiger partial charge is 0.328 e. The van der Waals surface area contributed by atoms with Gasteiger partial charge in [-0.2, -0.15) is 0 Å². The van der Waals surface area contributed by atoms with Crippen LogP contribution in [0, 0.1) is 35.0 Å². The predicted molar refractivity (Wildman–Crippen MR) is 103 cm³/mol. The molecule has 0 aromatic carbocycles. The molecule has 4 rings (SSSR count). The molecule has 27 heavy (non-hydrogen) atoms. The summed E-state index contributed by atoms with van der Waals surface area (Å²) in [6.45, 7) is 4.49. The first kappa shape index (κ1) is 18.9. The number of rotatable bonds is 3. The standard InChI is InChI=1S/C23H32O4/c1-3-22-9-6-18-17-5-4-16(24)13-15(17)12-14(2)21(18)19(22)7-10-23(22,27)11-8-20(25)26/h8,11,13-14,17-19,21,27H,3-7,9-10,12H2,1-2H3,(H,25,26)/b11-8-/t14-,17-,18+,19-,21+,22-,23+/m0/s1. The molecule has 2 N–H and O–H groups in total. The monoisotopic (exact) mass is 372 g/mol. The molecule has 4 aliphatic carbocycles. The Kier molecular flexibility index (Phi) is 4.61. The number of allylic oxidation sites excluding steroid dienone is 1. The number of hydrogen-bond acceptors (Lipinski definition) is 3. The van der Waals surface area contributed by atoms with E-state index in [4.69, 9.17) is 5.11 Å². The Labute approximate surface area is 161 Å². The van der Waals surface area contributed by atoms with Crippen LogP contribution in [0.25, 0.3) is 0 Å². The second-order valence-corrected chi connectivity index (χ2v) is 9.54. The number of ketones is 1. The maximum absolute atomic E-state index is 11.9. The van der Waals surface area contributed by atoms with Crippen LogP contribution in [0.5, 0.6) is 0 Å². The second-order valence-electron chi connectivity index (χ2n) is 9.54. The fourth-order valence-corrected chi connectivity index (χ4v) is 7.67. The highest BCUT2D eigenvalue weighted by Gasteiger charge is 2.63. The predicted octanol–water partition coefficient (Wildman–Crippen LogP) is 4.14. The number of carboxylic acid groups (broad SMARTS) is 1. The zero-order valence-electron chi connectivity index (χ0n) is 16.5. The SMILES string of the molecule is CC[C@]12CC[C@H]3[C@@H]([C@@H](C)CC4=CC(=O)CC[C@@H]43)[C@@H]1CC[C@@]2(O)/C=C\C(=O)O. The van der Waals surface area contributed by atoms with Gasteiger partial charge in [-0.05, 0) is 86.7 Å². The van der Waals surface area contributed by atoms with Crippen molar-refractivity contribution in [2.75, 3.05) is 0 Å². The molecule has 3 saturated carbocycles. The molecule has 0 amide bonds. The zero-order chi connectivity index (χ0) is 19.4. The van der Waals surface area contributed by atoms with Crippen LogP contribution >= 0.6 is 0 Å². The Morgan fingerprint density at radius 1 is 1.30 bits per heavy atom. The quantitative estimate of drug-likeness (QED) is 0.730. The van der Waals surface area contributed by atoms with Gasteiger partial charge in [-0.1, -0.05) is 19.4 Å². The molecule has 0 radical (unpaired) electrons. The summed E-state index contributed by atoms with van der Waals surface area (Å²) in [5, 5.41) is 20.6. The second kappa shape index (κ2) is 6.58. The van der Waals surface area contributed by atoms with Gasteiger partial charge >= 0.3 is 5.97 Å². The van der Waals surface area contributed by atoms with E-state index in [2.05, 4.69) is 13.8 Å². The molecule has 0 heterocycles. The first-order valence-corrected chi connectivity index (χ1v) is 10.7. The lowest BCUT2D eigenvalue weighted by Gasteiger charge is -2.58. The molecule has 4 nitrogen and oxygen atoms in total. The summed E-state index contributed by atoms with van der Waals surface area (Å²) in [6.07, 6.45) is 11.9. The van der Waals surface area contributed by atoms with Gasteiger partial charge in [-0.15, -0.1) is 0 Å². The lowest BCUT2D eigenvalue weighted by molar-refractivity contribution is -0.132. The lowest BCUT2D eigenvalue weighted by Crippen LogP contribution is -2.55. The minimum absolute atomic E-state index is 0.208. The molecule has 3 fully saturated rings. The lowest BCUT2D eigenvalue weighted by atomic mass is 9.47. The maximum Gasteiger partial charge on any atom is 0.328 e. The number of aliphatic hydroxyl groups is 1. The largest absolute Gasteiger partial charge is 0.478 e. The van der Waals surface area contributed by atoms with Crippen molar-refractivity contribution in [2.45, 2.75) is 70.8 Å². The average Bonchev–Trinajstić information content (AvgIpc) is 2.93. The summed E-state index contributed by atoms with van der Waals surface area (Å²) >= 11 is 0. The normalized spacial score (nSPS) is 46.6. The van der Waals surface area contributed by atoms with Gasteiger partial charge in [0.15, 0.2) is 5.78 Å². The molecule has 0 aromatic heterocycles. The maximum atomic E-state index is 11.9. The number of carbonyl (C=O) groups is 2. The van der Waals surface area contributed by atoms with Crippen molar-refractivity contribution in [3.63, 3.8) is 0 Å². The third-order valence-electron chi connectivity index (χ3n) is 8.68.